The summed E-state index contributed by atoms with van der Waals surface area (Å²) >= 11 is 7.20. The van der Waals surface area contributed by atoms with Crippen LogP contribution in [0.25, 0.3) is 0 Å². The van der Waals surface area contributed by atoms with E-state index in [1.54, 1.807) is 12.1 Å². The van der Waals surface area contributed by atoms with Gasteiger partial charge in [-0.25, -0.2) is 0 Å². The molecule has 1 atom stereocenters. The maximum absolute atomic E-state index is 12.9. The van der Waals surface area contributed by atoms with E-state index in [9.17, 15) is 13.2 Å². The summed E-state index contributed by atoms with van der Waals surface area (Å²) in [5, 5.41) is 13.6. The topological polar surface area (TPSA) is 35.8 Å². The molecular formula is C14H10ClF3N2S. The van der Waals surface area contributed by atoms with E-state index in [1.165, 1.54) is 23.5 Å². The molecule has 0 aliphatic rings. The van der Waals surface area contributed by atoms with Gasteiger partial charge in [-0.15, -0.1) is 11.3 Å². The molecule has 1 aromatic heterocycles. The number of hydrogen-bond acceptors (Lipinski definition) is 3. The number of rotatable bonds is 3. The van der Waals surface area contributed by atoms with Crippen LogP contribution in [0.4, 0.5) is 18.9 Å². The number of hydrogen-bond donors (Lipinski definition) is 1. The van der Waals surface area contributed by atoms with Crippen LogP contribution >= 0.6 is 22.9 Å². The van der Waals surface area contributed by atoms with Crippen LogP contribution in [0.5, 0.6) is 0 Å². The molecule has 0 amide bonds. The molecule has 0 aliphatic carbocycles. The molecule has 7 heteroatoms. The summed E-state index contributed by atoms with van der Waals surface area (Å²) in [7, 11) is 0. The molecule has 110 valence electrons. The first-order valence-corrected chi connectivity index (χ1v) is 7.19. The zero-order valence-corrected chi connectivity index (χ0v) is 12.4. The summed E-state index contributed by atoms with van der Waals surface area (Å²) in [6.07, 6.45) is -4.56. The molecule has 2 nitrogen and oxygen atoms in total. The number of nitrogens with zero attached hydrogens (tertiary/aromatic N) is 1. The van der Waals surface area contributed by atoms with E-state index in [-0.39, 0.29) is 11.6 Å². The highest BCUT2D eigenvalue weighted by Crippen LogP contribution is 2.34. The van der Waals surface area contributed by atoms with Gasteiger partial charge in [0.25, 0.3) is 0 Å². The number of thiophene rings is 1. The van der Waals surface area contributed by atoms with E-state index in [2.05, 4.69) is 5.32 Å². The molecule has 0 bridgehead atoms. The van der Waals surface area contributed by atoms with Crippen LogP contribution in [0.1, 0.15) is 29.7 Å². The predicted octanol–water partition coefficient (Wildman–Crippen LogP) is 5.47. The van der Waals surface area contributed by atoms with Crippen molar-refractivity contribution in [3.63, 3.8) is 0 Å². The molecule has 0 spiro atoms. The first-order chi connectivity index (χ1) is 9.81. The van der Waals surface area contributed by atoms with Crippen LogP contribution in [-0.2, 0) is 6.18 Å². The lowest BCUT2D eigenvalue weighted by atomic mass is 10.1. The van der Waals surface area contributed by atoms with Gasteiger partial charge in [-0.05, 0) is 42.1 Å². The third-order valence-electron chi connectivity index (χ3n) is 2.92. The van der Waals surface area contributed by atoms with E-state index in [0.29, 0.717) is 10.0 Å². The Kier molecular flexibility index (Phi) is 4.45. The van der Waals surface area contributed by atoms with Crippen LogP contribution in [0.3, 0.4) is 0 Å². The predicted molar refractivity (Wildman–Crippen MR) is 77.5 cm³/mol. The Bertz CT molecular complexity index is 688. The molecule has 0 saturated carbocycles. The molecule has 2 aromatic rings. The van der Waals surface area contributed by atoms with Crippen molar-refractivity contribution in [2.45, 2.75) is 19.1 Å². The summed E-state index contributed by atoms with van der Waals surface area (Å²) in [4.78, 5) is 0. The molecule has 0 fully saturated rings. The second-order valence-corrected chi connectivity index (χ2v) is 5.96. The largest absolute Gasteiger partial charge is 0.417 e. The SMILES string of the molecule is CC(Nc1ccc(C#N)c(C(F)(F)F)c1)c1csc(Cl)c1. The smallest absolute Gasteiger partial charge is 0.378 e. The van der Waals surface area contributed by atoms with Crippen LogP contribution in [-0.4, -0.2) is 0 Å². The second kappa shape index (κ2) is 5.96. The minimum absolute atomic E-state index is 0.192. The lowest BCUT2D eigenvalue weighted by molar-refractivity contribution is -0.137. The Labute approximate surface area is 128 Å². The number of nitriles is 1. The molecule has 1 aromatic carbocycles. The fourth-order valence-electron chi connectivity index (χ4n) is 1.85. The zero-order chi connectivity index (χ0) is 15.6. The minimum atomic E-state index is -4.56. The lowest BCUT2D eigenvalue weighted by Gasteiger charge is -2.16. The number of halogens is 4. The maximum Gasteiger partial charge on any atom is 0.417 e. The van der Waals surface area contributed by atoms with E-state index in [0.717, 1.165) is 11.6 Å². The highest BCUT2D eigenvalue weighted by Gasteiger charge is 2.33. The van der Waals surface area contributed by atoms with Crippen molar-refractivity contribution in [3.05, 3.63) is 50.7 Å². The van der Waals surface area contributed by atoms with E-state index < -0.39 is 11.7 Å². The highest BCUT2D eigenvalue weighted by atomic mass is 35.5. The van der Waals surface area contributed by atoms with Crippen molar-refractivity contribution < 1.29 is 13.2 Å². The normalized spacial score (nSPS) is 12.8. The Morgan fingerprint density at radius 1 is 1.33 bits per heavy atom. The van der Waals surface area contributed by atoms with Crippen molar-refractivity contribution in [3.8, 4) is 6.07 Å². The zero-order valence-electron chi connectivity index (χ0n) is 10.8. The van der Waals surface area contributed by atoms with Crippen LogP contribution in [0.2, 0.25) is 4.34 Å². The average molecular weight is 331 g/mol. The Balaban J connectivity index is 2.27. The summed E-state index contributed by atoms with van der Waals surface area (Å²) in [6, 6.07) is 6.69. The first kappa shape index (κ1) is 15.7. The molecule has 0 aliphatic heterocycles. The van der Waals surface area contributed by atoms with Crippen LogP contribution in [0.15, 0.2) is 29.6 Å². The summed E-state index contributed by atoms with van der Waals surface area (Å²) in [6.45, 7) is 1.82. The van der Waals surface area contributed by atoms with E-state index >= 15 is 0 Å². The lowest BCUT2D eigenvalue weighted by Crippen LogP contribution is -2.10. The van der Waals surface area contributed by atoms with E-state index in [1.807, 2.05) is 12.3 Å². The quantitative estimate of drug-likeness (QED) is 0.810. The fraction of sp³-hybridized carbons (Fsp3) is 0.214. The third-order valence-corrected chi connectivity index (χ3v) is 4.03. The van der Waals surface area contributed by atoms with Gasteiger partial charge in [0.2, 0.25) is 0 Å². The second-order valence-electron chi connectivity index (χ2n) is 4.42. The summed E-state index contributed by atoms with van der Waals surface area (Å²) in [5.41, 5.74) is -0.135. The van der Waals surface area contributed by atoms with Crippen LogP contribution < -0.4 is 5.32 Å². The van der Waals surface area contributed by atoms with Crippen molar-refractivity contribution in [2.24, 2.45) is 0 Å². The van der Waals surface area contributed by atoms with Gasteiger partial charge >= 0.3 is 6.18 Å². The van der Waals surface area contributed by atoms with Gasteiger partial charge in [-0.1, -0.05) is 11.6 Å². The van der Waals surface area contributed by atoms with Gasteiger partial charge in [0, 0.05) is 11.7 Å². The van der Waals surface area contributed by atoms with Crippen molar-refractivity contribution >= 4 is 28.6 Å². The standard InChI is InChI=1S/C14H10ClF3N2S/c1-8(10-4-13(15)21-7-10)20-11-3-2-9(6-19)12(5-11)14(16,17)18/h2-5,7-8,20H,1H3. The number of nitrogens with one attached hydrogen (secondary N) is 1. The van der Waals surface area contributed by atoms with Gasteiger partial charge in [-0.3, -0.25) is 0 Å². The summed E-state index contributed by atoms with van der Waals surface area (Å²) in [5.74, 6) is 0. The molecule has 21 heavy (non-hydrogen) atoms. The van der Waals surface area contributed by atoms with Crippen LogP contribution in [0, 0.1) is 11.3 Å². The number of alkyl halides is 3. The number of anilines is 1. The van der Waals surface area contributed by atoms with Gasteiger partial charge in [-0.2, -0.15) is 18.4 Å². The third kappa shape index (κ3) is 3.69. The molecule has 0 saturated heterocycles. The molecule has 1 unspecified atom stereocenters. The van der Waals surface area contributed by atoms with Gasteiger partial charge < -0.3 is 5.32 Å². The Morgan fingerprint density at radius 3 is 2.57 bits per heavy atom. The average Bonchev–Trinajstić information content (AvgIpc) is 2.84. The summed E-state index contributed by atoms with van der Waals surface area (Å²) < 4.78 is 39.3. The van der Waals surface area contributed by atoms with Crippen molar-refractivity contribution in [1.82, 2.24) is 0 Å². The van der Waals surface area contributed by atoms with Crippen molar-refractivity contribution in [1.29, 1.82) is 5.26 Å². The molecule has 1 N–H and O–H groups in total. The molecule has 1 heterocycles. The highest BCUT2D eigenvalue weighted by molar-refractivity contribution is 7.14. The Morgan fingerprint density at radius 2 is 2.05 bits per heavy atom. The monoisotopic (exact) mass is 330 g/mol. The minimum Gasteiger partial charge on any atom is -0.378 e. The number of benzene rings is 1. The van der Waals surface area contributed by atoms with Gasteiger partial charge in [0.05, 0.1) is 21.5 Å². The molecular weight excluding hydrogens is 321 g/mol. The maximum atomic E-state index is 12.9. The first-order valence-electron chi connectivity index (χ1n) is 5.93. The fourth-order valence-corrected chi connectivity index (χ4v) is 2.83. The van der Waals surface area contributed by atoms with Gasteiger partial charge in [0.15, 0.2) is 0 Å². The van der Waals surface area contributed by atoms with Gasteiger partial charge in [0.1, 0.15) is 0 Å². The Hall–Kier alpha value is -1.71. The van der Waals surface area contributed by atoms with Crippen molar-refractivity contribution in [2.75, 3.05) is 5.32 Å². The molecule has 0 radical (unpaired) electrons. The molecule has 2 rings (SSSR count). The van der Waals surface area contributed by atoms with E-state index in [4.69, 9.17) is 16.9 Å².